The molecule has 0 unspecified atom stereocenters. The van der Waals surface area contributed by atoms with Gasteiger partial charge in [-0.1, -0.05) is 42.5 Å². The molecule has 2 aromatic carbocycles. The predicted octanol–water partition coefficient (Wildman–Crippen LogP) is 3.55. The Balaban J connectivity index is 2.39. The monoisotopic (exact) mass is 262 g/mol. The highest BCUT2D eigenvalue weighted by atomic mass is 32.2. The van der Waals surface area contributed by atoms with Crippen molar-refractivity contribution in [1.29, 1.82) is 0 Å². The average Bonchev–Trinajstić information content (AvgIpc) is 2.27. The number of hydrogen-bond acceptors (Lipinski definition) is 2. The third-order valence-electron chi connectivity index (χ3n) is 3.10. The summed E-state index contributed by atoms with van der Waals surface area (Å²) in [5.74, 6) is 0.0985. The zero-order valence-electron chi connectivity index (χ0n) is 11.0. The van der Waals surface area contributed by atoms with Gasteiger partial charge in [-0.3, -0.25) is 0 Å². The molecule has 0 aliphatic carbocycles. The van der Waals surface area contributed by atoms with Crippen LogP contribution in [0.15, 0.2) is 42.5 Å². The van der Waals surface area contributed by atoms with Gasteiger partial charge in [0.2, 0.25) is 0 Å². The van der Waals surface area contributed by atoms with Gasteiger partial charge >= 0.3 is 0 Å². The maximum atomic E-state index is 12.2. The summed E-state index contributed by atoms with van der Waals surface area (Å²) < 4.78 is 23.6. The Kier molecular flexibility index (Phi) is 3.20. The molecule has 0 spiro atoms. The quantitative estimate of drug-likeness (QED) is 0.829. The SMILES string of the molecule is CC(C)(C)S(=O)(=O)Cc1ccc2ccccc2c1. The van der Waals surface area contributed by atoms with Gasteiger partial charge in [0.25, 0.3) is 0 Å². The van der Waals surface area contributed by atoms with E-state index in [9.17, 15) is 8.42 Å². The highest BCUT2D eigenvalue weighted by Gasteiger charge is 2.28. The van der Waals surface area contributed by atoms with Crippen LogP contribution in [-0.4, -0.2) is 13.2 Å². The standard InChI is InChI=1S/C15H18O2S/c1-15(2,3)18(16,17)11-12-8-9-13-6-4-5-7-14(13)10-12/h4-10H,11H2,1-3H3. The average molecular weight is 262 g/mol. The lowest BCUT2D eigenvalue weighted by Gasteiger charge is -2.19. The minimum atomic E-state index is -3.12. The molecular weight excluding hydrogens is 244 g/mol. The van der Waals surface area contributed by atoms with E-state index in [1.54, 1.807) is 20.8 Å². The molecule has 0 aliphatic rings. The number of rotatable bonds is 2. The maximum Gasteiger partial charge on any atom is 0.159 e. The molecule has 0 aromatic heterocycles. The summed E-state index contributed by atoms with van der Waals surface area (Å²) >= 11 is 0. The number of hydrogen-bond donors (Lipinski definition) is 0. The van der Waals surface area contributed by atoms with Crippen LogP contribution in [0, 0.1) is 0 Å². The van der Waals surface area contributed by atoms with Gasteiger partial charge < -0.3 is 0 Å². The van der Waals surface area contributed by atoms with Gasteiger partial charge in [-0.25, -0.2) is 8.42 Å². The number of fused-ring (bicyclic) bond motifs is 1. The normalized spacial score (nSPS) is 12.8. The maximum absolute atomic E-state index is 12.2. The van der Waals surface area contributed by atoms with Crippen molar-refractivity contribution >= 4 is 20.6 Å². The molecule has 2 rings (SSSR count). The lowest BCUT2D eigenvalue weighted by Crippen LogP contribution is -2.29. The second-order valence-corrected chi connectivity index (χ2v) is 8.30. The largest absolute Gasteiger partial charge is 0.228 e. The van der Waals surface area contributed by atoms with Gasteiger partial charge in [0.1, 0.15) is 0 Å². The summed E-state index contributed by atoms with van der Waals surface area (Å²) in [7, 11) is -3.12. The number of sulfone groups is 1. The van der Waals surface area contributed by atoms with Crippen LogP contribution < -0.4 is 0 Å². The van der Waals surface area contributed by atoms with Gasteiger partial charge in [0.05, 0.1) is 10.5 Å². The first-order valence-electron chi connectivity index (χ1n) is 6.00. The molecule has 0 heterocycles. The predicted molar refractivity (Wildman–Crippen MR) is 76.3 cm³/mol. The van der Waals surface area contributed by atoms with Crippen LogP contribution in [0.4, 0.5) is 0 Å². The second-order valence-electron chi connectivity index (χ2n) is 5.55. The molecule has 96 valence electrons. The smallest absolute Gasteiger partial charge is 0.159 e. The first-order valence-corrected chi connectivity index (χ1v) is 7.65. The number of benzene rings is 2. The van der Waals surface area contributed by atoms with E-state index in [4.69, 9.17) is 0 Å². The van der Waals surface area contributed by atoms with Crippen LogP contribution in [0.1, 0.15) is 26.3 Å². The van der Waals surface area contributed by atoms with E-state index in [1.807, 2.05) is 42.5 Å². The van der Waals surface area contributed by atoms with Crippen LogP contribution >= 0.6 is 0 Å². The Morgan fingerprint density at radius 1 is 0.944 bits per heavy atom. The van der Waals surface area contributed by atoms with Crippen molar-refractivity contribution in [3.63, 3.8) is 0 Å². The molecule has 0 N–H and O–H groups in total. The summed E-state index contributed by atoms with van der Waals surface area (Å²) in [6.07, 6.45) is 0. The fourth-order valence-corrected chi connectivity index (χ4v) is 2.82. The Morgan fingerprint density at radius 3 is 2.17 bits per heavy atom. The minimum absolute atomic E-state index is 0.0985. The van der Waals surface area contributed by atoms with E-state index >= 15 is 0 Å². The molecule has 2 nitrogen and oxygen atoms in total. The van der Waals surface area contributed by atoms with Crippen molar-refractivity contribution in [3.8, 4) is 0 Å². The van der Waals surface area contributed by atoms with Crippen molar-refractivity contribution in [2.75, 3.05) is 0 Å². The first-order chi connectivity index (χ1) is 8.29. The van der Waals surface area contributed by atoms with Crippen molar-refractivity contribution < 1.29 is 8.42 Å². The second kappa shape index (κ2) is 4.39. The summed E-state index contributed by atoms with van der Waals surface area (Å²) in [5.41, 5.74) is 0.851. The molecule has 0 atom stereocenters. The van der Waals surface area contributed by atoms with Gasteiger partial charge in [-0.05, 0) is 37.1 Å². The van der Waals surface area contributed by atoms with Crippen LogP contribution in [0.25, 0.3) is 10.8 Å². The Morgan fingerprint density at radius 2 is 1.56 bits per heavy atom. The zero-order valence-corrected chi connectivity index (χ0v) is 11.8. The molecule has 0 radical (unpaired) electrons. The Bertz CT molecular complexity index is 664. The zero-order chi connectivity index (χ0) is 13.4. The topological polar surface area (TPSA) is 34.1 Å². The summed E-state index contributed by atoms with van der Waals surface area (Å²) in [6.45, 7) is 5.22. The molecule has 0 amide bonds. The molecule has 0 bridgehead atoms. The molecule has 2 aromatic rings. The molecule has 0 aliphatic heterocycles. The third kappa shape index (κ3) is 2.56. The molecule has 0 saturated carbocycles. The van der Waals surface area contributed by atoms with Gasteiger partial charge in [0, 0.05) is 0 Å². The fourth-order valence-electron chi connectivity index (χ4n) is 1.76. The van der Waals surface area contributed by atoms with Crippen LogP contribution in [0.3, 0.4) is 0 Å². The van der Waals surface area contributed by atoms with E-state index in [0.717, 1.165) is 16.3 Å². The van der Waals surface area contributed by atoms with E-state index in [0.29, 0.717) is 0 Å². The Hall–Kier alpha value is -1.35. The summed E-state index contributed by atoms with van der Waals surface area (Å²) in [4.78, 5) is 0. The van der Waals surface area contributed by atoms with E-state index < -0.39 is 14.6 Å². The van der Waals surface area contributed by atoms with Crippen molar-refractivity contribution in [1.82, 2.24) is 0 Å². The minimum Gasteiger partial charge on any atom is -0.228 e. The molecule has 0 fully saturated rings. The summed E-state index contributed by atoms with van der Waals surface area (Å²) in [6, 6.07) is 13.8. The van der Waals surface area contributed by atoms with E-state index in [-0.39, 0.29) is 5.75 Å². The Labute approximate surface area is 109 Å². The van der Waals surface area contributed by atoms with Gasteiger partial charge in [-0.2, -0.15) is 0 Å². The van der Waals surface area contributed by atoms with Crippen molar-refractivity contribution in [2.24, 2.45) is 0 Å². The fraction of sp³-hybridized carbons (Fsp3) is 0.333. The van der Waals surface area contributed by atoms with Crippen LogP contribution in [0.2, 0.25) is 0 Å². The van der Waals surface area contributed by atoms with Crippen molar-refractivity contribution in [3.05, 3.63) is 48.0 Å². The lowest BCUT2D eigenvalue weighted by molar-refractivity contribution is 0.559. The molecular formula is C15H18O2S. The third-order valence-corrected chi connectivity index (χ3v) is 5.68. The van der Waals surface area contributed by atoms with Gasteiger partial charge in [-0.15, -0.1) is 0 Å². The highest BCUT2D eigenvalue weighted by Crippen LogP contribution is 2.23. The highest BCUT2D eigenvalue weighted by molar-refractivity contribution is 7.91. The van der Waals surface area contributed by atoms with Crippen molar-refractivity contribution in [2.45, 2.75) is 31.3 Å². The molecule has 0 saturated heterocycles. The lowest BCUT2D eigenvalue weighted by atomic mass is 10.1. The van der Waals surface area contributed by atoms with Gasteiger partial charge in [0.15, 0.2) is 9.84 Å². The first kappa shape index (κ1) is 13.1. The molecule has 18 heavy (non-hydrogen) atoms. The van der Waals surface area contributed by atoms with Crippen LogP contribution in [0.5, 0.6) is 0 Å². The summed E-state index contributed by atoms with van der Waals surface area (Å²) in [5, 5.41) is 2.22. The van der Waals surface area contributed by atoms with E-state index in [2.05, 4.69) is 0 Å². The molecule has 3 heteroatoms. The van der Waals surface area contributed by atoms with Crippen LogP contribution in [-0.2, 0) is 15.6 Å². The van der Waals surface area contributed by atoms with E-state index in [1.165, 1.54) is 0 Å².